The first kappa shape index (κ1) is 17.5. The molecule has 26 heavy (non-hydrogen) atoms. The molecule has 5 nitrogen and oxygen atoms in total. The fourth-order valence-electron chi connectivity index (χ4n) is 4.39. The molecule has 2 fully saturated rings. The molecular weight excluding hydrogens is 331 g/mol. The predicted octanol–water partition coefficient (Wildman–Crippen LogP) is 2.42. The molecule has 1 aromatic heterocycles. The number of nitrogens with zero attached hydrogens (tertiary/aromatic N) is 2. The van der Waals surface area contributed by atoms with Gasteiger partial charge in [0, 0.05) is 43.2 Å². The number of pyridine rings is 1. The average Bonchev–Trinajstić information content (AvgIpc) is 3.31. The predicted molar refractivity (Wildman–Crippen MR) is 103 cm³/mol. The molecule has 1 aromatic carbocycles. The highest BCUT2D eigenvalue weighted by Crippen LogP contribution is 2.40. The van der Waals surface area contributed by atoms with Crippen LogP contribution in [0.5, 0.6) is 0 Å². The lowest BCUT2D eigenvalue weighted by atomic mass is 10.0. The third kappa shape index (κ3) is 2.72. The summed E-state index contributed by atoms with van der Waals surface area (Å²) in [6.07, 6.45) is 2.96. The monoisotopic (exact) mass is 358 g/mol. The van der Waals surface area contributed by atoms with Crippen molar-refractivity contribution in [3.63, 3.8) is 0 Å². The highest BCUT2D eigenvalue weighted by atomic mass is 19.1. The van der Waals surface area contributed by atoms with E-state index in [1.54, 1.807) is 12.1 Å². The van der Waals surface area contributed by atoms with Crippen molar-refractivity contribution in [1.82, 2.24) is 4.57 Å². The second kappa shape index (κ2) is 6.35. The Kier molecular flexibility index (Phi) is 4.28. The quantitative estimate of drug-likeness (QED) is 0.880. The molecule has 1 saturated heterocycles. The smallest absolute Gasteiger partial charge is 0.251 e. The SMILES string of the molecule is Cc1c(N2CCC([C@H](C)N)C2)c(F)cc2c(CN)cc(=O)n(C3CC3)c12. The van der Waals surface area contributed by atoms with E-state index in [0.717, 1.165) is 48.8 Å². The molecule has 6 heteroatoms. The van der Waals surface area contributed by atoms with Crippen molar-refractivity contribution in [2.24, 2.45) is 17.4 Å². The molecule has 1 aliphatic heterocycles. The van der Waals surface area contributed by atoms with Crippen LogP contribution in [0.15, 0.2) is 16.9 Å². The van der Waals surface area contributed by atoms with Crippen molar-refractivity contribution in [3.05, 3.63) is 39.4 Å². The van der Waals surface area contributed by atoms with E-state index in [4.69, 9.17) is 11.5 Å². The van der Waals surface area contributed by atoms with Crippen molar-refractivity contribution in [3.8, 4) is 0 Å². The topological polar surface area (TPSA) is 77.3 Å². The molecule has 1 unspecified atom stereocenters. The van der Waals surface area contributed by atoms with E-state index in [-0.39, 0.29) is 30.0 Å². The van der Waals surface area contributed by atoms with Gasteiger partial charge >= 0.3 is 0 Å². The Bertz CT molecular complexity index is 916. The summed E-state index contributed by atoms with van der Waals surface area (Å²) < 4.78 is 17.0. The van der Waals surface area contributed by atoms with Gasteiger partial charge in [0.2, 0.25) is 0 Å². The minimum Gasteiger partial charge on any atom is -0.369 e. The number of aryl methyl sites for hydroxylation is 1. The Morgan fingerprint density at radius 3 is 2.62 bits per heavy atom. The first-order valence-corrected chi connectivity index (χ1v) is 9.50. The highest BCUT2D eigenvalue weighted by Gasteiger charge is 2.31. The molecule has 140 valence electrons. The van der Waals surface area contributed by atoms with E-state index in [9.17, 15) is 4.79 Å². The third-order valence-corrected chi connectivity index (χ3v) is 6.00. The fourth-order valence-corrected chi connectivity index (χ4v) is 4.39. The van der Waals surface area contributed by atoms with Crippen LogP contribution in [0.1, 0.15) is 43.4 Å². The summed E-state index contributed by atoms with van der Waals surface area (Å²) in [5.41, 5.74) is 14.9. The van der Waals surface area contributed by atoms with E-state index in [1.165, 1.54) is 0 Å². The van der Waals surface area contributed by atoms with Gasteiger partial charge in [-0.2, -0.15) is 0 Å². The zero-order chi connectivity index (χ0) is 18.6. The van der Waals surface area contributed by atoms with Crippen molar-refractivity contribution in [2.75, 3.05) is 18.0 Å². The van der Waals surface area contributed by atoms with Gasteiger partial charge in [-0.1, -0.05) is 0 Å². The Labute approximate surface area is 152 Å². The zero-order valence-electron chi connectivity index (χ0n) is 15.5. The summed E-state index contributed by atoms with van der Waals surface area (Å²) in [6.45, 7) is 5.71. The van der Waals surface area contributed by atoms with E-state index >= 15 is 4.39 Å². The van der Waals surface area contributed by atoms with Crippen LogP contribution in [0.4, 0.5) is 10.1 Å². The first-order valence-electron chi connectivity index (χ1n) is 9.50. The highest BCUT2D eigenvalue weighted by molar-refractivity contribution is 5.90. The number of fused-ring (bicyclic) bond motifs is 1. The fraction of sp³-hybridized carbons (Fsp3) is 0.550. The van der Waals surface area contributed by atoms with Gasteiger partial charge in [-0.25, -0.2) is 4.39 Å². The molecule has 4 N–H and O–H groups in total. The van der Waals surface area contributed by atoms with Crippen molar-refractivity contribution >= 4 is 16.6 Å². The molecule has 2 heterocycles. The maximum Gasteiger partial charge on any atom is 0.251 e. The molecule has 4 rings (SSSR count). The molecule has 2 aromatic rings. The molecular formula is C20H27FN4O. The first-order chi connectivity index (χ1) is 12.4. The summed E-state index contributed by atoms with van der Waals surface area (Å²) in [7, 11) is 0. The Morgan fingerprint density at radius 1 is 1.31 bits per heavy atom. The molecule has 0 spiro atoms. The normalized spacial score (nSPS) is 21.6. The summed E-state index contributed by atoms with van der Waals surface area (Å²) in [4.78, 5) is 14.8. The zero-order valence-corrected chi connectivity index (χ0v) is 15.5. The number of rotatable bonds is 4. The van der Waals surface area contributed by atoms with Crippen LogP contribution in [0, 0.1) is 18.7 Å². The largest absolute Gasteiger partial charge is 0.369 e. The van der Waals surface area contributed by atoms with Crippen LogP contribution in [-0.4, -0.2) is 23.7 Å². The van der Waals surface area contributed by atoms with Crippen LogP contribution in [-0.2, 0) is 6.54 Å². The van der Waals surface area contributed by atoms with E-state index in [0.29, 0.717) is 17.2 Å². The van der Waals surface area contributed by atoms with Gasteiger partial charge in [0.15, 0.2) is 0 Å². The third-order valence-electron chi connectivity index (χ3n) is 6.00. The van der Waals surface area contributed by atoms with Crippen molar-refractivity contribution in [1.29, 1.82) is 0 Å². The standard InChI is InChI=1S/C20H27FN4O/c1-11-19-16(14(9-22)7-18(26)25(19)15-3-4-15)8-17(21)20(11)24-6-5-13(10-24)12(2)23/h7-8,12-13,15H,3-6,9-10,22-23H2,1-2H3/t12-,13?/m0/s1. The number of hydrogen-bond donors (Lipinski definition) is 2. The number of halogens is 1. The summed E-state index contributed by atoms with van der Waals surface area (Å²) in [5.74, 6) is 0.126. The summed E-state index contributed by atoms with van der Waals surface area (Å²) in [6, 6.07) is 3.46. The Balaban J connectivity index is 1.93. The molecule has 0 bridgehead atoms. The molecule has 2 atom stereocenters. The van der Waals surface area contributed by atoms with Gasteiger partial charge in [-0.05, 0) is 56.2 Å². The van der Waals surface area contributed by atoms with Gasteiger partial charge in [0.1, 0.15) is 5.82 Å². The molecule has 1 aliphatic carbocycles. The lowest BCUT2D eigenvalue weighted by molar-refractivity contribution is 0.487. The molecule has 1 saturated carbocycles. The van der Waals surface area contributed by atoms with Gasteiger partial charge in [-0.15, -0.1) is 0 Å². The molecule has 2 aliphatic rings. The summed E-state index contributed by atoms with van der Waals surface area (Å²) in [5, 5.41) is 0.765. The number of benzene rings is 1. The number of aromatic nitrogens is 1. The van der Waals surface area contributed by atoms with Crippen LogP contribution in [0.2, 0.25) is 0 Å². The van der Waals surface area contributed by atoms with Crippen molar-refractivity contribution < 1.29 is 4.39 Å². The lowest BCUT2D eigenvalue weighted by Gasteiger charge is -2.25. The average molecular weight is 358 g/mol. The summed E-state index contributed by atoms with van der Waals surface area (Å²) >= 11 is 0. The van der Waals surface area contributed by atoms with Gasteiger partial charge < -0.3 is 20.9 Å². The maximum atomic E-state index is 15.1. The lowest BCUT2D eigenvalue weighted by Crippen LogP contribution is -2.30. The second-order valence-corrected chi connectivity index (χ2v) is 7.90. The number of nitrogens with two attached hydrogens (primary N) is 2. The molecule has 0 amide bonds. The van der Waals surface area contributed by atoms with E-state index in [1.807, 2.05) is 18.4 Å². The second-order valence-electron chi connectivity index (χ2n) is 7.90. The Hall–Kier alpha value is -1.92. The molecule has 0 radical (unpaired) electrons. The minimum absolute atomic E-state index is 0.0315. The van der Waals surface area contributed by atoms with Crippen molar-refractivity contribution in [2.45, 2.75) is 51.7 Å². The van der Waals surface area contributed by atoms with Crippen LogP contribution in [0.25, 0.3) is 10.9 Å². The van der Waals surface area contributed by atoms with E-state index < -0.39 is 0 Å². The number of anilines is 1. The number of hydrogen-bond acceptors (Lipinski definition) is 4. The van der Waals surface area contributed by atoms with Gasteiger partial charge in [0.05, 0.1) is 11.2 Å². The van der Waals surface area contributed by atoms with E-state index in [2.05, 4.69) is 4.90 Å². The van der Waals surface area contributed by atoms with Gasteiger partial charge in [0.25, 0.3) is 5.56 Å². The minimum atomic E-state index is -0.240. The maximum absolute atomic E-state index is 15.1. The Morgan fingerprint density at radius 2 is 2.04 bits per heavy atom. The van der Waals surface area contributed by atoms with Crippen LogP contribution < -0.4 is 21.9 Å². The van der Waals surface area contributed by atoms with Crippen LogP contribution >= 0.6 is 0 Å². The van der Waals surface area contributed by atoms with Crippen LogP contribution in [0.3, 0.4) is 0 Å². The van der Waals surface area contributed by atoms with Gasteiger partial charge in [-0.3, -0.25) is 4.79 Å².